The molecule has 1 aromatic carbocycles. The fourth-order valence-corrected chi connectivity index (χ4v) is 2.04. The van der Waals surface area contributed by atoms with Gasteiger partial charge in [0, 0.05) is 18.7 Å². The summed E-state index contributed by atoms with van der Waals surface area (Å²) >= 11 is 0. The lowest BCUT2D eigenvalue weighted by molar-refractivity contribution is -0.386. The average molecular weight is 296 g/mol. The topological polar surface area (TPSA) is 87.0 Å². The van der Waals surface area contributed by atoms with Crippen LogP contribution in [0.1, 0.15) is 17.0 Å². The number of hydrogen-bond acceptors (Lipinski definition) is 5. The minimum Gasteiger partial charge on any atom is -0.354 e. The van der Waals surface area contributed by atoms with Gasteiger partial charge in [-0.25, -0.2) is 4.68 Å². The zero-order chi connectivity index (χ0) is 15.5. The van der Waals surface area contributed by atoms with E-state index in [1.54, 1.807) is 23.0 Å². The van der Waals surface area contributed by atoms with Gasteiger partial charge in [0.25, 0.3) is 0 Å². The van der Waals surface area contributed by atoms with E-state index in [2.05, 4.69) is 10.3 Å². The Bertz CT molecular complexity index is 834. The zero-order valence-electron chi connectivity index (χ0n) is 11.7. The molecule has 0 fully saturated rings. The smallest absolute Gasteiger partial charge is 0.338 e. The molecule has 0 aliphatic heterocycles. The van der Waals surface area contributed by atoms with Crippen LogP contribution in [0.5, 0.6) is 0 Å². The number of para-hydroxylation sites is 1. The number of hydrogen-bond donors (Lipinski definition) is 0. The first-order valence-corrected chi connectivity index (χ1v) is 6.54. The summed E-state index contributed by atoms with van der Waals surface area (Å²) in [5.41, 5.74) is 1.81. The first-order chi connectivity index (χ1) is 10.6. The van der Waals surface area contributed by atoms with Crippen molar-refractivity contribution in [3.05, 3.63) is 69.9 Å². The van der Waals surface area contributed by atoms with Gasteiger partial charge in [-0.1, -0.05) is 23.4 Å². The third kappa shape index (κ3) is 2.64. The maximum Gasteiger partial charge on any atom is 0.338 e. The van der Waals surface area contributed by atoms with Crippen molar-refractivity contribution in [3.63, 3.8) is 0 Å². The van der Waals surface area contributed by atoms with Crippen molar-refractivity contribution in [1.82, 2.24) is 14.9 Å². The van der Waals surface area contributed by atoms with Crippen molar-refractivity contribution in [2.45, 2.75) is 6.92 Å². The molecule has 0 amide bonds. The van der Waals surface area contributed by atoms with E-state index in [0.29, 0.717) is 0 Å². The lowest BCUT2D eigenvalue weighted by Crippen LogP contribution is -1.92. The maximum absolute atomic E-state index is 11.0. The summed E-state index contributed by atoms with van der Waals surface area (Å²) < 4.78 is 6.58. The van der Waals surface area contributed by atoms with Crippen LogP contribution in [-0.2, 0) is 0 Å². The monoisotopic (exact) mass is 296 g/mol. The predicted molar refractivity (Wildman–Crippen MR) is 80.4 cm³/mol. The Morgan fingerprint density at radius 2 is 2.05 bits per heavy atom. The molecule has 3 aromatic rings. The van der Waals surface area contributed by atoms with E-state index in [9.17, 15) is 10.1 Å². The van der Waals surface area contributed by atoms with Gasteiger partial charge in [0.1, 0.15) is 0 Å². The number of rotatable bonds is 4. The van der Waals surface area contributed by atoms with Gasteiger partial charge in [-0.05, 0) is 24.3 Å². The molecule has 0 bridgehead atoms. The van der Waals surface area contributed by atoms with Crippen LogP contribution in [0.4, 0.5) is 5.69 Å². The summed E-state index contributed by atoms with van der Waals surface area (Å²) in [4.78, 5) is 10.5. The fraction of sp³-hybridized carbons (Fsp3) is 0.0667. The van der Waals surface area contributed by atoms with Gasteiger partial charge >= 0.3 is 5.69 Å². The first kappa shape index (κ1) is 13.7. The second kappa shape index (κ2) is 5.65. The van der Waals surface area contributed by atoms with Crippen LogP contribution >= 0.6 is 0 Å². The highest BCUT2D eigenvalue weighted by Crippen LogP contribution is 2.24. The SMILES string of the molecule is Cc1onc(C=Cc2cnn(-c3ccccc3)c2)c1[N+](=O)[O-]. The largest absolute Gasteiger partial charge is 0.354 e. The molecule has 110 valence electrons. The summed E-state index contributed by atoms with van der Waals surface area (Å²) in [5, 5.41) is 18.9. The van der Waals surface area contributed by atoms with Crippen LogP contribution in [0.2, 0.25) is 0 Å². The van der Waals surface area contributed by atoms with E-state index < -0.39 is 4.92 Å². The second-order valence-corrected chi connectivity index (χ2v) is 4.62. The van der Waals surface area contributed by atoms with E-state index in [1.807, 2.05) is 36.5 Å². The first-order valence-electron chi connectivity index (χ1n) is 6.54. The molecule has 0 aliphatic carbocycles. The quantitative estimate of drug-likeness (QED) is 0.544. The Labute approximate surface area is 125 Å². The molecular formula is C15H12N4O3. The Morgan fingerprint density at radius 1 is 1.27 bits per heavy atom. The molecule has 0 saturated heterocycles. The standard InChI is InChI=1S/C15H12N4O3/c1-11-15(19(20)21)14(17-22-11)8-7-12-9-16-18(10-12)13-5-3-2-4-6-13/h2-10H,1H3. The molecule has 0 atom stereocenters. The van der Waals surface area contributed by atoms with Crippen LogP contribution in [0.15, 0.2) is 47.2 Å². The molecule has 0 radical (unpaired) electrons. The van der Waals surface area contributed by atoms with Crippen LogP contribution in [0.3, 0.4) is 0 Å². The minimum atomic E-state index is -0.501. The van der Waals surface area contributed by atoms with Gasteiger partial charge in [-0.2, -0.15) is 5.10 Å². The molecule has 0 saturated carbocycles. The third-order valence-corrected chi connectivity index (χ3v) is 3.10. The number of aromatic nitrogens is 3. The van der Waals surface area contributed by atoms with Gasteiger partial charge in [0.15, 0.2) is 5.69 Å². The number of aryl methyl sites for hydroxylation is 1. The van der Waals surface area contributed by atoms with E-state index in [1.165, 1.54) is 6.92 Å². The van der Waals surface area contributed by atoms with Crippen molar-refractivity contribution in [3.8, 4) is 5.69 Å². The zero-order valence-corrected chi connectivity index (χ0v) is 11.7. The van der Waals surface area contributed by atoms with E-state index in [0.717, 1.165) is 11.3 Å². The number of nitro groups is 1. The summed E-state index contributed by atoms with van der Waals surface area (Å²) in [6.07, 6.45) is 6.74. The number of benzene rings is 1. The van der Waals surface area contributed by atoms with Crippen molar-refractivity contribution < 1.29 is 9.45 Å². The summed E-state index contributed by atoms with van der Waals surface area (Å²) in [5.74, 6) is 0.185. The molecule has 2 heterocycles. The molecule has 0 spiro atoms. The molecule has 0 unspecified atom stereocenters. The van der Waals surface area contributed by atoms with Gasteiger partial charge < -0.3 is 4.52 Å². The fourth-order valence-electron chi connectivity index (χ4n) is 2.04. The molecule has 22 heavy (non-hydrogen) atoms. The van der Waals surface area contributed by atoms with Crippen molar-refractivity contribution in [2.75, 3.05) is 0 Å². The highest BCUT2D eigenvalue weighted by molar-refractivity contribution is 5.72. The van der Waals surface area contributed by atoms with E-state index in [-0.39, 0.29) is 17.1 Å². The summed E-state index contributed by atoms with van der Waals surface area (Å²) in [6, 6.07) is 9.65. The molecule has 2 aromatic heterocycles. The van der Waals surface area contributed by atoms with E-state index in [4.69, 9.17) is 4.52 Å². The Hall–Kier alpha value is -3.22. The molecule has 7 heteroatoms. The van der Waals surface area contributed by atoms with Gasteiger partial charge in [-0.15, -0.1) is 0 Å². The van der Waals surface area contributed by atoms with Crippen molar-refractivity contribution >= 4 is 17.8 Å². The molecule has 0 N–H and O–H groups in total. The lowest BCUT2D eigenvalue weighted by atomic mass is 10.2. The normalized spacial score (nSPS) is 11.1. The van der Waals surface area contributed by atoms with Gasteiger partial charge in [0.2, 0.25) is 5.76 Å². The average Bonchev–Trinajstić information content (AvgIpc) is 3.12. The second-order valence-electron chi connectivity index (χ2n) is 4.62. The minimum absolute atomic E-state index is 0.119. The molecule has 0 aliphatic rings. The Kier molecular flexibility index (Phi) is 3.53. The van der Waals surface area contributed by atoms with Crippen molar-refractivity contribution in [1.29, 1.82) is 0 Å². The summed E-state index contributed by atoms with van der Waals surface area (Å²) in [6.45, 7) is 1.51. The molecule has 3 rings (SSSR count). The highest BCUT2D eigenvalue weighted by Gasteiger charge is 2.21. The van der Waals surface area contributed by atoms with Crippen molar-refractivity contribution in [2.24, 2.45) is 0 Å². The Balaban J connectivity index is 1.85. The van der Waals surface area contributed by atoms with Crippen LogP contribution in [0.25, 0.3) is 17.8 Å². The van der Waals surface area contributed by atoms with Crippen LogP contribution < -0.4 is 0 Å². The molecular weight excluding hydrogens is 284 g/mol. The maximum atomic E-state index is 11.0. The Morgan fingerprint density at radius 3 is 2.77 bits per heavy atom. The lowest BCUT2D eigenvalue weighted by Gasteiger charge is -1.98. The highest BCUT2D eigenvalue weighted by atomic mass is 16.6. The number of nitrogens with zero attached hydrogens (tertiary/aromatic N) is 4. The van der Waals surface area contributed by atoms with Crippen LogP contribution in [0, 0.1) is 17.0 Å². The molecule has 7 nitrogen and oxygen atoms in total. The van der Waals surface area contributed by atoms with E-state index >= 15 is 0 Å². The van der Waals surface area contributed by atoms with Gasteiger partial charge in [-0.3, -0.25) is 10.1 Å². The van der Waals surface area contributed by atoms with Gasteiger partial charge in [0.05, 0.1) is 16.8 Å². The summed E-state index contributed by atoms with van der Waals surface area (Å²) in [7, 11) is 0. The van der Waals surface area contributed by atoms with Crippen LogP contribution in [-0.4, -0.2) is 19.9 Å². The third-order valence-electron chi connectivity index (χ3n) is 3.10. The predicted octanol–water partition coefficient (Wildman–Crippen LogP) is 3.25.